The number of rotatable bonds is 11. The minimum atomic E-state index is -1.34. The molecule has 0 bridgehead atoms. The van der Waals surface area contributed by atoms with Crippen LogP contribution in [0.15, 0.2) is 64.0 Å². The molecule has 1 saturated heterocycles. The molecule has 9 nitrogen and oxygen atoms in total. The van der Waals surface area contributed by atoms with Gasteiger partial charge in [0.25, 0.3) is 0 Å². The van der Waals surface area contributed by atoms with Crippen molar-refractivity contribution < 1.29 is 33.4 Å². The number of hydrogen-bond acceptors (Lipinski definition) is 8. The van der Waals surface area contributed by atoms with Crippen LogP contribution < -0.4 is 9.64 Å². The minimum Gasteiger partial charge on any atom is -0.489 e. The first-order valence-electron chi connectivity index (χ1n) is 13.2. The predicted molar refractivity (Wildman–Crippen MR) is 160 cm³/mol. The molecule has 2 aliphatic rings. The summed E-state index contributed by atoms with van der Waals surface area (Å²) in [6.07, 6.45) is 6.25. The molecular formula is C30H27Cl3FN3O6. The van der Waals surface area contributed by atoms with Gasteiger partial charge in [-0.05, 0) is 44.0 Å². The maximum atomic E-state index is 13.8. The molecule has 13 heteroatoms. The quantitative estimate of drug-likeness (QED) is 0.165. The Labute approximate surface area is 261 Å². The molecule has 2 N–H and O–H groups in total. The van der Waals surface area contributed by atoms with Crippen molar-refractivity contribution in [2.24, 2.45) is 0 Å². The van der Waals surface area contributed by atoms with Crippen molar-refractivity contribution in [2.45, 2.75) is 37.9 Å². The Hall–Kier alpha value is -3.57. The van der Waals surface area contributed by atoms with Crippen LogP contribution in [-0.2, 0) is 11.3 Å². The molecule has 3 heterocycles. The number of aliphatic hydroxyl groups is 1. The number of β-amino-alcohol motifs (C(OH)–C–C–N with tert-alkyl or cyclic N) is 1. The molecule has 5 rings (SSSR count). The van der Waals surface area contributed by atoms with Gasteiger partial charge in [0.2, 0.25) is 5.88 Å². The van der Waals surface area contributed by atoms with Crippen LogP contribution in [0.5, 0.6) is 5.88 Å². The van der Waals surface area contributed by atoms with Gasteiger partial charge in [0.15, 0.2) is 0 Å². The smallest absolute Gasteiger partial charge is 0.337 e. The summed E-state index contributed by atoms with van der Waals surface area (Å²) in [6, 6.07) is 3.75. The molecule has 43 heavy (non-hydrogen) atoms. The summed E-state index contributed by atoms with van der Waals surface area (Å²) in [7, 11) is 1.43. The van der Waals surface area contributed by atoms with Crippen LogP contribution in [0.3, 0.4) is 0 Å². The number of nitrogens with zero attached hydrogens (tertiary/aromatic N) is 3. The van der Waals surface area contributed by atoms with E-state index in [1.54, 1.807) is 17.9 Å². The number of carboxylic acids is 1. The molecule has 2 aromatic heterocycles. The van der Waals surface area contributed by atoms with Crippen LogP contribution in [0.2, 0.25) is 10.0 Å². The maximum absolute atomic E-state index is 13.8. The van der Waals surface area contributed by atoms with Crippen molar-refractivity contribution in [3.05, 3.63) is 92.2 Å². The van der Waals surface area contributed by atoms with E-state index in [9.17, 15) is 19.4 Å². The fourth-order valence-corrected chi connectivity index (χ4v) is 6.06. The number of ether oxygens (including phenoxy) is 2. The number of halogens is 4. The van der Waals surface area contributed by atoms with Gasteiger partial charge in [-0.2, -0.15) is 0 Å². The number of aromatic nitrogens is 2. The zero-order valence-corrected chi connectivity index (χ0v) is 25.4. The Morgan fingerprint density at radius 1 is 1.28 bits per heavy atom. The normalized spacial score (nSPS) is 16.6. The molecule has 1 saturated carbocycles. The summed E-state index contributed by atoms with van der Waals surface area (Å²) in [4.78, 5) is 17.2. The molecule has 226 valence electrons. The summed E-state index contributed by atoms with van der Waals surface area (Å²) in [5.41, 5.74) is 0.840. The fourth-order valence-electron chi connectivity index (χ4n) is 5.01. The lowest BCUT2D eigenvalue weighted by molar-refractivity contribution is 0.0509. The molecule has 0 spiro atoms. The standard InChI is InChI=1S/C30H27Cl3FN3O6/c1-4-20(30(40)13-37(14-30)24-8-17(29(38)39)11-35-28(24)41-3)21(31)7-15(2)42-12-19-26(36-43-27(19)16-5-6-16)25-22(32)9-18(34)10-23(25)33/h4,7-11,16,40H,2,5-6,12-14H2,1,3H3,(H,38,39)/b20-4+,21-7+. The Morgan fingerprint density at radius 2 is 1.95 bits per heavy atom. The number of methoxy groups -OCH3 is 1. The zero-order chi connectivity index (χ0) is 31.1. The van der Waals surface area contributed by atoms with Crippen LogP contribution in [0, 0.1) is 5.82 Å². The monoisotopic (exact) mass is 649 g/mol. The highest BCUT2D eigenvalue weighted by molar-refractivity contribution is 6.39. The van der Waals surface area contributed by atoms with E-state index < -0.39 is 17.4 Å². The lowest BCUT2D eigenvalue weighted by atomic mass is 9.84. The molecule has 2 fully saturated rings. The van der Waals surface area contributed by atoms with E-state index in [-0.39, 0.29) is 57.9 Å². The van der Waals surface area contributed by atoms with Crippen molar-refractivity contribution >= 4 is 46.5 Å². The number of carboxylic acid groups (broad SMARTS) is 1. The largest absolute Gasteiger partial charge is 0.489 e. The van der Waals surface area contributed by atoms with Crippen molar-refractivity contribution in [1.82, 2.24) is 10.1 Å². The second-order valence-corrected chi connectivity index (χ2v) is 11.5. The van der Waals surface area contributed by atoms with Gasteiger partial charge < -0.3 is 29.1 Å². The van der Waals surface area contributed by atoms with Gasteiger partial charge in [-0.3, -0.25) is 0 Å². The lowest BCUT2D eigenvalue weighted by Crippen LogP contribution is -2.63. The van der Waals surface area contributed by atoms with Crippen LogP contribution >= 0.6 is 34.8 Å². The summed E-state index contributed by atoms with van der Waals surface area (Å²) in [5.74, 6) is -0.438. The van der Waals surface area contributed by atoms with Crippen molar-refractivity contribution in [3.63, 3.8) is 0 Å². The molecule has 0 amide bonds. The number of benzene rings is 1. The predicted octanol–water partition coefficient (Wildman–Crippen LogP) is 7.12. The van der Waals surface area contributed by atoms with Gasteiger partial charge in [-0.15, -0.1) is 0 Å². The number of allylic oxidation sites excluding steroid dienone is 2. The lowest BCUT2D eigenvalue weighted by Gasteiger charge is -2.49. The van der Waals surface area contributed by atoms with Gasteiger partial charge in [0.1, 0.15) is 40.9 Å². The molecule has 0 radical (unpaired) electrons. The molecule has 3 aromatic rings. The highest BCUT2D eigenvalue weighted by atomic mass is 35.5. The van der Waals surface area contributed by atoms with Crippen molar-refractivity contribution in [2.75, 3.05) is 25.1 Å². The zero-order valence-electron chi connectivity index (χ0n) is 23.2. The number of carbonyl (C=O) groups is 1. The van der Waals surface area contributed by atoms with Crippen LogP contribution in [0.4, 0.5) is 10.1 Å². The van der Waals surface area contributed by atoms with Crippen molar-refractivity contribution in [1.29, 1.82) is 0 Å². The van der Waals surface area contributed by atoms with Crippen LogP contribution in [-0.4, -0.2) is 52.1 Å². The van der Waals surface area contributed by atoms with E-state index in [4.69, 9.17) is 48.8 Å². The maximum Gasteiger partial charge on any atom is 0.337 e. The highest BCUT2D eigenvalue weighted by Gasteiger charge is 2.46. The first-order chi connectivity index (χ1) is 20.4. The summed E-state index contributed by atoms with van der Waals surface area (Å²) >= 11 is 19.3. The summed E-state index contributed by atoms with van der Waals surface area (Å²) in [6.45, 7) is 5.92. The van der Waals surface area contributed by atoms with E-state index in [1.165, 1.54) is 25.4 Å². The SMILES string of the molecule is C=C(/C=C(Cl)\C(=C/C)C1(O)CN(c2cc(C(=O)O)cnc2OC)C1)OCc1c(-c2c(Cl)cc(F)cc2Cl)noc1C1CC1. The Kier molecular flexibility index (Phi) is 8.76. The third-order valence-electron chi connectivity index (χ3n) is 7.27. The average molecular weight is 651 g/mol. The second-order valence-electron chi connectivity index (χ2n) is 10.3. The van der Waals surface area contributed by atoms with E-state index in [0.717, 1.165) is 25.0 Å². The molecule has 1 aliphatic carbocycles. The third-order valence-corrected chi connectivity index (χ3v) is 8.17. The third kappa shape index (κ3) is 6.24. The Balaban J connectivity index is 1.31. The topological polar surface area (TPSA) is 118 Å². The molecule has 0 atom stereocenters. The van der Waals surface area contributed by atoms with E-state index in [1.807, 2.05) is 0 Å². The van der Waals surface area contributed by atoms with E-state index >= 15 is 0 Å². The molecule has 1 aliphatic heterocycles. The van der Waals surface area contributed by atoms with E-state index in [2.05, 4.69) is 16.7 Å². The van der Waals surface area contributed by atoms with Gasteiger partial charge in [0.05, 0.1) is 46.4 Å². The molecule has 1 aromatic carbocycles. The summed E-state index contributed by atoms with van der Waals surface area (Å²) < 4.78 is 30.7. The number of hydrogen-bond donors (Lipinski definition) is 2. The average Bonchev–Trinajstić information content (AvgIpc) is 3.69. The number of anilines is 1. The Morgan fingerprint density at radius 3 is 2.53 bits per heavy atom. The van der Waals surface area contributed by atoms with Crippen molar-refractivity contribution in [3.8, 4) is 17.1 Å². The highest BCUT2D eigenvalue weighted by Crippen LogP contribution is 2.46. The first kappa shape index (κ1) is 30.9. The summed E-state index contributed by atoms with van der Waals surface area (Å²) in [5, 5.41) is 25.3. The Bertz CT molecular complexity index is 1640. The fraction of sp³-hybridized carbons (Fsp3) is 0.300. The van der Waals surface area contributed by atoms with Gasteiger partial charge in [0, 0.05) is 23.3 Å². The number of aromatic carboxylic acids is 1. The van der Waals surface area contributed by atoms with E-state index in [0.29, 0.717) is 33.8 Å². The number of pyridine rings is 1. The van der Waals surface area contributed by atoms with Gasteiger partial charge >= 0.3 is 5.97 Å². The van der Waals surface area contributed by atoms with Crippen LogP contribution in [0.25, 0.3) is 11.3 Å². The molecule has 0 unspecified atom stereocenters. The molecular weight excluding hydrogens is 624 g/mol. The van der Waals surface area contributed by atoms with Gasteiger partial charge in [-0.1, -0.05) is 52.6 Å². The van der Waals surface area contributed by atoms with Gasteiger partial charge in [-0.25, -0.2) is 14.2 Å². The van der Waals surface area contributed by atoms with Crippen LogP contribution in [0.1, 0.15) is 47.4 Å². The minimum absolute atomic E-state index is 0.00410. The first-order valence-corrected chi connectivity index (χ1v) is 14.3. The second kappa shape index (κ2) is 12.2.